The minimum absolute atomic E-state index is 0.155. The van der Waals surface area contributed by atoms with Gasteiger partial charge in [-0.15, -0.1) is 0 Å². The highest BCUT2D eigenvalue weighted by Crippen LogP contribution is 2.27. The summed E-state index contributed by atoms with van der Waals surface area (Å²) in [5, 5.41) is 9.01. The first kappa shape index (κ1) is 14.8. The minimum atomic E-state index is -0.155. The summed E-state index contributed by atoms with van der Waals surface area (Å²) in [4.78, 5) is 2.05. The molecular formula is C18H19NO2. The maximum Gasteiger partial charge on any atom is 0.118 e. The van der Waals surface area contributed by atoms with Crippen LogP contribution in [-0.2, 0) is 0 Å². The van der Waals surface area contributed by atoms with Crippen LogP contribution in [-0.4, -0.2) is 26.3 Å². The Bertz CT molecular complexity index is 634. The van der Waals surface area contributed by atoms with Crippen molar-refractivity contribution in [3.63, 3.8) is 0 Å². The number of aliphatic hydroxyl groups excluding tert-OH is 1. The van der Waals surface area contributed by atoms with E-state index in [-0.39, 0.29) is 5.92 Å². The number of aliphatic hydroxyl groups is 1. The fourth-order valence-electron chi connectivity index (χ4n) is 2.18. The molecule has 21 heavy (non-hydrogen) atoms. The zero-order chi connectivity index (χ0) is 15.2. The normalized spacial score (nSPS) is 11.2. The molecule has 108 valence electrons. The molecule has 3 nitrogen and oxygen atoms in total. The van der Waals surface area contributed by atoms with E-state index in [1.807, 2.05) is 73.6 Å². The SMILES string of the molecule is COc1ccc(C(C#CO)c2ccc(N(C)C)cc2)cc1. The molecule has 1 atom stereocenters. The second kappa shape index (κ2) is 6.71. The van der Waals surface area contributed by atoms with Gasteiger partial charge in [0.2, 0.25) is 0 Å². The Labute approximate surface area is 125 Å². The lowest BCUT2D eigenvalue weighted by atomic mass is 9.92. The molecule has 2 aromatic carbocycles. The average Bonchev–Trinajstić information content (AvgIpc) is 2.53. The summed E-state index contributed by atoms with van der Waals surface area (Å²) in [5.74, 6) is 3.50. The van der Waals surface area contributed by atoms with Gasteiger partial charge in [-0.05, 0) is 41.3 Å². The molecule has 0 saturated carbocycles. The quantitative estimate of drug-likeness (QED) is 0.873. The highest BCUT2D eigenvalue weighted by Gasteiger charge is 2.12. The molecule has 0 spiro atoms. The molecule has 0 fully saturated rings. The second-order valence-electron chi connectivity index (χ2n) is 4.95. The third-order valence-electron chi connectivity index (χ3n) is 3.40. The molecule has 2 rings (SSSR count). The van der Waals surface area contributed by atoms with Gasteiger partial charge in [0.05, 0.1) is 13.0 Å². The van der Waals surface area contributed by atoms with Gasteiger partial charge in [0.15, 0.2) is 0 Å². The van der Waals surface area contributed by atoms with E-state index in [4.69, 9.17) is 9.84 Å². The molecule has 0 saturated heterocycles. The zero-order valence-electron chi connectivity index (χ0n) is 12.5. The smallest absolute Gasteiger partial charge is 0.118 e. The summed E-state index contributed by atoms with van der Waals surface area (Å²) in [6, 6.07) is 15.9. The van der Waals surface area contributed by atoms with Crippen molar-refractivity contribution in [3.8, 4) is 17.8 Å². The van der Waals surface area contributed by atoms with Crippen LogP contribution in [0, 0.1) is 12.0 Å². The third kappa shape index (κ3) is 3.49. The molecule has 0 aliphatic heterocycles. The molecule has 2 aromatic rings. The average molecular weight is 281 g/mol. The van der Waals surface area contributed by atoms with Gasteiger partial charge in [0.25, 0.3) is 0 Å². The predicted molar refractivity (Wildman–Crippen MR) is 85.3 cm³/mol. The van der Waals surface area contributed by atoms with Crippen LogP contribution >= 0.6 is 0 Å². The van der Waals surface area contributed by atoms with Gasteiger partial charge < -0.3 is 14.7 Å². The third-order valence-corrected chi connectivity index (χ3v) is 3.40. The number of hydrogen-bond donors (Lipinski definition) is 1. The van der Waals surface area contributed by atoms with E-state index in [0.717, 1.165) is 22.6 Å². The number of rotatable bonds is 4. The standard InChI is InChI=1S/C18H19NO2/c1-19(2)16-8-4-14(5-9-16)18(12-13-20)15-6-10-17(21-3)11-7-15/h4-11,18,20H,1-3H3. The number of anilines is 1. The topological polar surface area (TPSA) is 32.7 Å². The van der Waals surface area contributed by atoms with Gasteiger partial charge in [-0.25, -0.2) is 0 Å². The highest BCUT2D eigenvalue weighted by molar-refractivity contribution is 5.50. The number of benzene rings is 2. The maximum atomic E-state index is 9.01. The largest absolute Gasteiger partial charge is 0.497 e. The summed E-state index contributed by atoms with van der Waals surface area (Å²) >= 11 is 0. The van der Waals surface area contributed by atoms with Crippen LogP contribution in [0.2, 0.25) is 0 Å². The first-order chi connectivity index (χ1) is 10.2. The highest BCUT2D eigenvalue weighted by atomic mass is 16.5. The van der Waals surface area contributed by atoms with Crippen LogP contribution in [0.15, 0.2) is 48.5 Å². The zero-order valence-corrected chi connectivity index (χ0v) is 12.5. The summed E-state index contributed by atoms with van der Waals surface area (Å²) in [6.45, 7) is 0. The van der Waals surface area contributed by atoms with E-state index in [1.165, 1.54) is 0 Å². The Morgan fingerprint density at radius 2 is 1.48 bits per heavy atom. The van der Waals surface area contributed by atoms with Gasteiger partial charge in [0.1, 0.15) is 11.9 Å². The van der Waals surface area contributed by atoms with Crippen molar-refractivity contribution >= 4 is 5.69 Å². The molecule has 0 amide bonds. The van der Waals surface area contributed by atoms with E-state index in [0.29, 0.717) is 0 Å². The molecule has 0 bridgehead atoms. The number of nitrogens with zero attached hydrogens (tertiary/aromatic N) is 1. The predicted octanol–water partition coefficient (Wildman–Crippen LogP) is 3.23. The first-order valence-electron chi connectivity index (χ1n) is 6.71. The lowest BCUT2D eigenvalue weighted by Crippen LogP contribution is -2.08. The number of hydrogen-bond acceptors (Lipinski definition) is 3. The van der Waals surface area contributed by atoms with Crippen LogP contribution in [0.25, 0.3) is 0 Å². The van der Waals surface area contributed by atoms with E-state index in [9.17, 15) is 0 Å². The maximum absolute atomic E-state index is 9.01. The Kier molecular flexibility index (Phi) is 4.73. The molecule has 0 radical (unpaired) electrons. The lowest BCUT2D eigenvalue weighted by molar-refractivity contribution is 0.414. The van der Waals surface area contributed by atoms with Gasteiger partial charge >= 0.3 is 0 Å². The summed E-state index contributed by atoms with van der Waals surface area (Å²) in [5.41, 5.74) is 3.20. The van der Waals surface area contributed by atoms with Gasteiger partial charge in [-0.3, -0.25) is 0 Å². The summed E-state index contributed by atoms with van der Waals surface area (Å²) in [6.07, 6.45) is 2.04. The van der Waals surface area contributed by atoms with Crippen molar-refractivity contribution in [2.24, 2.45) is 0 Å². The monoisotopic (exact) mass is 281 g/mol. The Balaban J connectivity index is 2.34. The Morgan fingerprint density at radius 1 is 0.952 bits per heavy atom. The molecule has 0 aromatic heterocycles. The molecule has 3 heteroatoms. The minimum Gasteiger partial charge on any atom is -0.497 e. The molecule has 0 aliphatic carbocycles. The molecule has 0 heterocycles. The van der Waals surface area contributed by atoms with Crippen molar-refractivity contribution in [1.29, 1.82) is 0 Å². The van der Waals surface area contributed by atoms with Crippen molar-refractivity contribution in [3.05, 3.63) is 59.7 Å². The number of ether oxygens (including phenoxy) is 1. The van der Waals surface area contributed by atoms with Crippen molar-refractivity contribution in [2.45, 2.75) is 5.92 Å². The van der Waals surface area contributed by atoms with E-state index in [1.54, 1.807) is 7.11 Å². The molecular weight excluding hydrogens is 262 g/mol. The second-order valence-corrected chi connectivity index (χ2v) is 4.95. The van der Waals surface area contributed by atoms with E-state index >= 15 is 0 Å². The van der Waals surface area contributed by atoms with Crippen molar-refractivity contribution in [1.82, 2.24) is 0 Å². The fraction of sp³-hybridized carbons (Fsp3) is 0.222. The Morgan fingerprint density at radius 3 is 1.90 bits per heavy atom. The lowest BCUT2D eigenvalue weighted by Gasteiger charge is -2.16. The van der Waals surface area contributed by atoms with Gasteiger partial charge in [-0.1, -0.05) is 24.3 Å². The van der Waals surface area contributed by atoms with Crippen LogP contribution in [0.4, 0.5) is 5.69 Å². The first-order valence-corrected chi connectivity index (χ1v) is 6.71. The van der Waals surface area contributed by atoms with Crippen LogP contribution < -0.4 is 9.64 Å². The van der Waals surface area contributed by atoms with E-state index in [2.05, 4.69) is 5.92 Å². The van der Waals surface area contributed by atoms with E-state index < -0.39 is 0 Å². The summed E-state index contributed by atoms with van der Waals surface area (Å²) in [7, 11) is 5.65. The fourth-order valence-corrected chi connectivity index (χ4v) is 2.18. The van der Waals surface area contributed by atoms with Crippen molar-refractivity contribution < 1.29 is 9.84 Å². The summed E-state index contributed by atoms with van der Waals surface area (Å²) < 4.78 is 5.17. The van der Waals surface area contributed by atoms with Gasteiger partial charge in [-0.2, -0.15) is 0 Å². The molecule has 0 aliphatic rings. The van der Waals surface area contributed by atoms with Crippen molar-refractivity contribution in [2.75, 3.05) is 26.1 Å². The van der Waals surface area contributed by atoms with Crippen LogP contribution in [0.1, 0.15) is 17.0 Å². The van der Waals surface area contributed by atoms with Crippen LogP contribution in [0.3, 0.4) is 0 Å². The Hall–Kier alpha value is -2.60. The van der Waals surface area contributed by atoms with Crippen LogP contribution in [0.5, 0.6) is 5.75 Å². The molecule has 1 N–H and O–H groups in total. The van der Waals surface area contributed by atoms with Gasteiger partial charge in [0, 0.05) is 19.8 Å². The molecule has 1 unspecified atom stereocenters. The number of methoxy groups -OCH3 is 1.